The number of nitrogens with zero attached hydrogens (tertiary/aromatic N) is 2. The first-order valence-electron chi connectivity index (χ1n) is 9.44. The van der Waals surface area contributed by atoms with E-state index in [0.29, 0.717) is 50.7 Å². The third-order valence-corrected chi connectivity index (χ3v) is 5.41. The summed E-state index contributed by atoms with van der Waals surface area (Å²) in [4.78, 5) is 17.8. The van der Waals surface area contributed by atoms with Gasteiger partial charge in [0.15, 0.2) is 0 Å². The molecule has 0 saturated heterocycles. The highest BCUT2D eigenvalue weighted by atomic mass is 32.1. The molecule has 0 bridgehead atoms. The van der Waals surface area contributed by atoms with Crippen molar-refractivity contribution < 1.29 is 9.53 Å². The number of hydrogen-bond acceptors (Lipinski definition) is 5. The van der Waals surface area contributed by atoms with Gasteiger partial charge in [0, 0.05) is 16.8 Å². The van der Waals surface area contributed by atoms with Gasteiger partial charge < -0.3 is 10.1 Å². The molecule has 150 valence electrons. The zero-order chi connectivity index (χ0) is 21.7. The van der Waals surface area contributed by atoms with Gasteiger partial charge in [0.1, 0.15) is 21.7 Å². The molecule has 1 aromatic heterocycles. The molecule has 0 saturated carbocycles. The van der Waals surface area contributed by atoms with Crippen molar-refractivity contribution in [3.63, 3.8) is 0 Å². The van der Waals surface area contributed by atoms with Gasteiger partial charge in [0.2, 0.25) is 0 Å². The van der Waals surface area contributed by atoms with E-state index in [1.807, 2.05) is 19.9 Å². The maximum atomic E-state index is 12.7. The average molecular weight is 416 g/mol. The van der Waals surface area contributed by atoms with Crippen molar-refractivity contribution in [3.05, 3.63) is 64.2 Å². The number of hydrogen-bond donors (Lipinski definition) is 1. The van der Waals surface area contributed by atoms with Crippen molar-refractivity contribution in [1.82, 2.24) is 4.98 Å². The smallest absolute Gasteiger partial charge is 0.267 e. The van der Waals surface area contributed by atoms with E-state index in [1.54, 1.807) is 43.3 Å². The van der Waals surface area contributed by atoms with Crippen LogP contribution in [-0.2, 0) is 0 Å². The second kappa shape index (κ2) is 9.26. The first-order chi connectivity index (χ1) is 14.4. The van der Waals surface area contributed by atoms with E-state index in [0.717, 1.165) is 5.56 Å². The molecule has 0 fully saturated rings. The minimum atomic E-state index is -0.247. The Balaban J connectivity index is 1.84. The van der Waals surface area contributed by atoms with Gasteiger partial charge in [-0.25, -0.2) is 4.98 Å². The standard InChI is InChI=1S/C24H21N3O2S/c1-5-17-7-6-8-20(11-17)27-23(28)22-16(4)26-24(30-22)18-9-10-21(19(12-18)13-25)29-14-15(2)3/h1,6-12,15H,14H2,2-4H3,(H,27,28). The van der Waals surface area contributed by atoms with Gasteiger partial charge in [-0.3, -0.25) is 4.79 Å². The number of thiazole rings is 1. The molecule has 1 heterocycles. The molecule has 1 amide bonds. The number of nitriles is 1. The summed E-state index contributed by atoms with van der Waals surface area (Å²) in [6.45, 7) is 6.43. The molecule has 3 aromatic rings. The first kappa shape index (κ1) is 21.1. The fourth-order valence-electron chi connectivity index (χ4n) is 2.74. The largest absolute Gasteiger partial charge is 0.492 e. The van der Waals surface area contributed by atoms with Crippen LogP contribution in [0.15, 0.2) is 42.5 Å². The molecule has 1 N–H and O–H groups in total. The highest BCUT2D eigenvalue weighted by Crippen LogP contribution is 2.32. The topological polar surface area (TPSA) is 75.0 Å². The van der Waals surface area contributed by atoms with Crippen LogP contribution < -0.4 is 10.1 Å². The van der Waals surface area contributed by atoms with E-state index in [-0.39, 0.29) is 5.91 Å². The summed E-state index contributed by atoms with van der Waals surface area (Å²) < 4.78 is 5.72. The van der Waals surface area contributed by atoms with Crippen LogP contribution in [0.2, 0.25) is 0 Å². The van der Waals surface area contributed by atoms with Crippen LogP contribution in [0, 0.1) is 36.5 Å². The van der Waals surface area contributed by atoms with E-state index in [2.05, 4.69) is 22.3 Å². The number of aryl methyl sites for hydroxylation is 1. The van der Waals surface area contributed by atoms with Crippen molar-refractivity contribution >= 4 is 22.9 Å². The van der Waals surface area contributed by atoms with Gasteiger partial charge in [0.05, 0.1) is 17.9 Å². The minimum absolute atomic E-state index is 0.247. The molecule has 3 rings (SSSR count). The first-order valence-corrected chi connectivity index (χ1v) is 10.3. The van der Waals surface area contributed by atoms with Gasteiger partial charge >= 0.3 is 0 Å². The molecule has 0 radical (unpaired) electrons. The number of terminal acetylenes is 1. The lowest BCUT2D eigenvalue weighted by Crippen LogP contribution is -2.11. The Hall–Kier alpha value is -3.61. The maximum absolute atomic E-state index is 12.7. The molecule has 0 aliphatic rings. The lowest BCUT2D eigenvalue weighted by Gasteiger charge is -2.10. The second-order valence-electron chi connectivity index (χ2n) is 7.14. The van der Waals surface area contributed by atoms with Crippen LogP contribution in [0.4, 0.5) is 5.69 Å². The van der Waals surface area contributed by atoms with Gasteiger partial charge in [-0.1, -0.05) is 25.8 Å². The van der Waals surface area contributed by atoms with E-state index in [4.69, 9.17) is 11.2 Å². The van der Waals surface area contributed by atoms with E-state index >= 15 is 0 Å². The van der Waals surface area contributed by atoms with Gasteiger partial charge in [-0.15, -0.1) is 17.8 Å². The minimum Gasteiger partial charge on any atom is -0.492 e. The maximum Gasteiger partial charge on any atom is 0.267 e. The van der Waals surface area contributed by atoms with E-state index in [9.17, 15) is 10.1 Å². The molecule has 0 aliphatic heterocycles. The molecule has 6 heteroatoms. The van der Waals surface area contributed by atoms with E-state index in [1.165, 1.54) is 11.3 Å². The molecule has 0 atom stereocenters. The summed E-state index contributed by atoms with van der Waals surface area (Å²) in [5.41, 5.74) is 3.16. The number of anilines is 1. The Morgan fingerprint density at radius 1 is 1.30 bits per heavy atom. The Labute approximate surface area is 180 Å². The predicted molar refractivity (Wildman–Crippen MR) is 120 cm³/mol. The molecule has 0 aliphatic carbocycles. The molecule has 2 aromatic carbocycles. The lowest BCUT2D eigenvalue weighted by atomic mass is 10.1. The van der Waals surface area contributed by atoms with Crippen LogP contribution in [0.5, 0.6) is 5.75 Å². The highest BCUT2D eigenvalue weighted by Gasteiger charge is 2.18. The number of ether oxygens (including phenoxy) is 1. The van der Waals surface area contributed by atoms with Crippen molar-refractivity contribution in [3.8, 4) is 34.7 Å². The summed E-state index contributed by atoms with van der Waals surface area (Å²) in [7, 11) is 0. The number of amides is 1. The van der Waals surface area contributed by atoms with Crippen LogP contribution in [0.3, 0.4) is 0 Å². The SMILES string of the molecule is C#Cc1cccc(NC(=O)c2sc(-c3ccc(OCC(C)C)c(C#N)c3)nc2C)c1. The zero-order valence-corrected chi connectivity index (χ0v) is 17.8. The number of carbonyl (C=O) groups excluding carboxylic acids is 1. The molecule has 30 heavy (non-hydrogen) atoms. The normalized spacial score (nSPS) is 10.3. The number of aromatic nitrogens is 1. The second-order valence-corrected chi connectivity index (χ2v) is 8.14. The number of carbonyl (C=O) groups is 1. The fraction of sp³-hybridized carbons (Fsp3) is 0.208. The molecule has 5 nitrogen and oxygen atoms in total. The Bertz CT molecular complexity index is 1170. The Kier molecular flexibility index (Phi) is 6.51. The zero-order valence-electron chi connectivity index (χ0n) is 17.0. The van der Waals surface area contributed by atoms with Crippen LogP contribution in [0.1, 0.15) is 40.3 Å². The summed E-state index contributed by atoms with van der Waals surface area (Å²) in [5, 5.41) is 13.0. The third kappa shape index (κ3) is 4.86. The van der Waals surface area contributed by atoms with Gasteiger partial charge in [-0.2, -0.15) is 5.26 Å². The number of rotatable bonds is 6. The van der Waals surface area contributed by atoms with Crippen LogP contribution in [-0.4, -0.2) is 17.5 Å². The number of benzene rings is 2. The third-order valence-electron chi connectivity index (χ3n) is 4.21. The average Bonchev–Trinajstić information content (AvgIpc) is 3.14. The monoisotopic (exact) mass is 415 g/mol. The fourth-order valence-corrected chi connectivity index (χ4v) is 3.70. The van der Waals surface area contributed by atoms with Gasteiger partial charge in [-0.05, 0) is 49.2 Å². The highest BCUT2D eigenvalue weighted by molar-refractivity contribution is 7.17. The Morgan fingerprint density at radius 3 is 2.80 bits per heavy atom. The molecular weight excluding hydrogens is 394 g/mol. The predicted octanol–water partition coefficient (Wildman–Crippen LogP) is 5.26. The summed E-state index contributed by atoms with van der Waals surface area (Å²) in [6, 6.07) is 14.7. The summed E-state index contributed by atoms with van der Waals surface area (Å²) in [6.07, 6.45) is 5.42. The lowest BCUT2D eigenvalue weighted by molar-refractivity contribution is 0.103. The van der Waals surface area contributed by atoms with Crippen molar-refractivity contribution in [2.24, 2.45) is 5.92 Å². The summed E-state index contributed by atoms with van der Waals surface area (Å²) >= 11 is 1.28. The molecular formula is C24H21N3O2S. The molecule has 0 unspecified atom stereocenters. The molecule has 0 spiro atoms. The van der Waals surface area contributed by atoms with Crippen molar-refractivity contribution in [2.75, 3.05) is 11.9 Å². The Morgan fingerprint density at radius 2 is 2.10 bits per heavy atom. The van der Waals surface area contributed by atoms with Gasteiger partial charge in [0.25, 0.3) is 5.91 Å². The summed E-state index contributed by atoms with van der Waals surface area (Å²) in [5.74, 6) is 3.21. The number of nitrogens with one attached hydrogen (secondary N) is 1. The van der Waals surface area contributed by atoms with Crippen LogP contribution in [0.25, 0.3) is 10.6 Å². The van der Waals surface area contributed by atoms with Crippen molar-refractivity contribution in [2.45, 2.75) is 20.8 Å². The van der Waals surface area contributed by atoms with Crippen molar-refractivity contribution in [1.29, 1.82) is 5.26 Å². The van der Waals surface area contributed by atoms with Crippen LogP contribution >= 0.6 is 11.3 Å². The quantitative estimate of drug-likeness (QED) is 0.557. The van der Waals surface area contributed by atoms with E-state index < -0.39 is 0 Å².